The van der Waals surface area contributed by atoms with Gasteiger partial charge in [-0.2, -0.15) is 42.1 Å². The lowest BCUT2D eigenvalue weighted by Gasteiger charge is -2.28. The number of anilines is 1. The Kier molecular flexibility index (Phi) is 7.09. The minimum absolute atomic E-state index is 0. The van der Waals surface area contributed by atoms with Crippen LogP contribution < -0.4 is 15.0 Å². The summed E-state index contributed by atoms with van der Waals surface area (Å²) in [5.41, 5.74) is 3.84. The molecule has 3 aliphatic heterocycles. The highest BCUT2D eigenvalue weighted by molar-refractivity contribution is 7.59. The van der Waals surface area contributed by atoms with Crippen LogP contribution >= 0.6 is 27.0 Å². The Morgan fingerprint density at radius 2 is 1.88 bits per heavy atom. The second-order valence-electron chi connectivity index (χ2n) is 8.92. The molecule has 0 saturated carbocycles. The third-order valence-corrected chi connectivity index (χ3v) is 7.01. The van der Waals surface area contributed by atoms with E-state index < -0.39 is 0 Å². The average molecular weight is 489 g/mol. The molecule has 2 unspecified atom stereocenters. The number of ether oxygens (including phenoxy) is 2. The van der Waals surface area contributed by atoms with Gasteiger partial charge < -0.3 is 19.7 Å². The zero-order valence-corrected chi connectivity index (χ0v) is 21.0. The van der Waals surface area contributed by atoms with Gasteiger partial charge in [0.2, 0.25) is 0 Å². The Morgan fingerprint density at radius 1 is 1.09 bits per heavy atom. The number of rotatable bonds is 4. The molecule has 0 aliphatic carbocycles. The molecule has 1 N–H and O–H groups in total. The van der Waals surface area contributed by atoms with Gasteiger partial charge in [-0.25, -0.2) is 4.68 Å². The molecule has 2 atom stereocenters. The lowest BCUT2D eigenvalue weighted by molar-refractivity contribution is 0.0988. The van der Waals surface area contributed by atoms with Gasteiger partial charge in [-0.15, -0.1) is 0 Å². The normalized spacial score (nSPS) is 22.3. The van der Waals surface area contributed by atoms with Crippen molar-refractivity contribution in [1.82, 2.24) is 25.1 Å². The van der Waals surface area contributed by atoms with Gasteiger partial charge in [-0.3, -0.25) is 0 Å². The van der Waals surface area contributed by atoms with Gasteiger partial charge in [0.25, 0.3) is 0 Å². The van der Waals surface area contributed by atoms with E-state index in [4.69, 9.17) is 14.6 Å². The van der Waals surface area contributed by atoms with Crippen molar-refractivity contribution in [2.45, 2.75) is 44.2 Å². The molecule has 0 spiro atoms. The summed E-state index contributed by atoms with van der Waals surface area (Å²) < 4.78 is 13.1. The summed E-state index contributed by atoms with van der Waals surface area (Å²) in [6.45, 7) is 5.99. The Bertz CT molecular complexity index is 1130. The lowest BCUT2D eigenvalue weighted by Crippen LogP contribution is -2.37. The van der Waals surface area contributed by atoms with Crippen LogP contribution in [0.15, 0.2) is 24.4 Å². The number of hydrogen-bond acceptors (Lipinski definition) is 7. The Morgan fingerprint density at radius 3 is 2.58 bits per heavy atom. The second-order valence-corrected chi connectivity index (χ2v) is 8.92. The molecule has 3 aromatic rings. The molecule has 178 valence electrons. The largest absolute Gasteiger partial charge is 0.467 e. The van der Waals surface area contributed by atoms with Crippen molar-refractivity contribution in [2.75, 3.05) is 38.3 Å². The number of aryl methyl sites for hydroxylation is 1. The summed E-state index contributed by atoms with van der Waals surface area (Å²) in [6.07, 6.45) is 5.63. The second kappa shape index (κ2) is 9.69. The van der Waals surface area contributed by atoms with E-state index in [-0.39, 0.29) is 27.0 Å². The number of nitrogens with zero attached hydrogens (tertiary/aromatic N) is 5. The third kappa shape index (κ3) is 4.29. The zero-order valence-electron chi connectivity index (χ0n) is 19.0. The van der Waals surface area contributed by atoms with E-state index >= 15 is 0 Å². The van der Waals surface area contributed by atoms with Crippen LogP contribution in [0.2, 0.25) is 0 Å². The van der Waals surface area contributed by atoms with E-state index in [1.807, 2.05) is 16.9 Å². The average Bonchev–Trinajstić information content (AvgIpc) is 3.54. The molecular weight excluding hydrogens is 456 g/mol. The van der Waals surface area contributed by atoms with E-state index in [0.29, 0.717) is 24.1 Å². The van der Waals surface area contributed by atoms with Crippen LogP contribution in [0.5, 0.6) is 6.01 Å². The van der Waals surface area contributed by atoms with E-state index in [2.05, 4.69) is 39.2 Å². The molecule has 0 radical (unpaired) electrons. The third-order valence-electron chi connectivity index (χ3n) is 7.01. The highest BCUT2D eigenvalue weighted by atomic mass is 32.1. The summed E-state index contributed by atoms with van der Waals surface area (Å²) in [7, 11) is 1.61. The number of fused-ring (bicyclic) bond motifs is 3. The lowest BCUT2D eigenvalue weighted by atomic mass is 9.87. The fourth-order valence-corrected chi connectivity index (χ4v) is 5.39. The van der Waals surface area contributed by atoms with Crippen molar-refractivity contribution < 1.29 is 9.47 Å². The molecule has 2 bridgehead atoms. The summed E-state index contributed by atoms with van der Waals surface area (Å²) >= 11 is 0. The predicted octanol–water partition coefficient (Wildman–Crippen LogP) is 2.80. The molecule has 10 heteroatoms. The molecular formula is C23H32N6O2S2. The minimum Gasteiger partial charge on any atom is -0.467 e. The first-order chi connectivity index (χ1) is 15.2. The van der Waals surface area contributed by atoms with E-state index in [9.17, 15) is 0 Å². The van der Waals surface area contributed by atoms with Gasteiger partial charge >= 0.3 is 6.01 Å². The van der Waals surface area contributed by atoms with Gasteiger partial charge in [0.1, 0.15) is 5.82 Å². The number of aromatic nitrogens is 4. The molecule has 2 aromatic heterocycles. The van der Waals surface area contributed by atoms with Gasteiger partial charge in [0.05, 0.1) is 37.6 Å². The molecule has 0 amide bonds. The van der Waals surface area contributed by atoms with Gasteiger partial charge in [-0.1, -0.05) is 0 Å². The fourth-order valence-electron chi connectivity index (χ4n) is 5.39. The standard InChI is InChI=1S/C23H28N6O2.2H2S/c1-14-7-16-11-25-29(20(16)9-19(14)15-3-5-24-6-4-15)22-10-21(26-23(27-22)30-2)28-12-18-8-17(28)13-31-18;;/h7,9-11,15,17-18,24H,3-6,8,12-13H2,1-2H3;2*1H2. The number of nitrogens with one attached hydrogen (secondary N) is 1. The molecule has 3 saturated heterocycles. The molecule has 33 heavy (non-hydrogen) atoms. The van der Waals surface area contributed by atoms with Crippen molar-refractivity contribution in [3.05, 3.63) is 35.5 Å². The van der Waals surface area contributed by atoms with Crippen LogP contribution in [-0.4, -0.2) is 65.2 Å². The highest BCUT2D eigenvalue weighted by Gasteiger charge is 2.40. The van der Waals surface area contributed by atoms with Crippen LogP contribution in [-0.2, 0) is 4.74 Å². The van der Waals surface area contributed by atoms with Gasteiger partial charge in [-0.05, 0) is 68.5 Å². The maximum absolute atomic E-state index is 5.76. The molecule has 8 nitrogen and oxygen atoms in total. The molecule has 5 heterocycles. The Labute approximate surface area is 208 Å². The zero-order chi connectivity index (χ0) is 20.9. The van der Waals surface area contributed by atoms with E-state index in [1.54, 1.807) is 7.11 Å². The summed E-state index contributed by atoms with van der Waals surface area (Å²) in [5, 5.41) is 9.30. The van der Waals surface area contributed by atoms with Crippen LogP contribution in [0.25, 0.3) is 16.7 Å². The number of hydrogen-bond donors (Lipinski definition) is 1. The van der Waals surface area contributed by atoms with Crippen molar-refractivity contribution >= 4 is 43.7 Å². The number of piperidine rings is 1. The van der Waals surface area contributed by atoms with Crippen molar-refractivity contribution in [1.29, 1.82) is 0 Å². The van der Waals surface area contributed by atoms with Gasteiger partial charge in [0.15, 0.2) is 5.82 Å². The molecule has 1 aromatic carbocycles. The van der Waals surface area contributed by atoms with E-state index in [1.165, 1.54) is 24.0 Å². The summed E-state index contributed by atoms with van der Waals surface area (Å²) in [5.74, 6) is 2.21. The number of methoxy groups -OCH3 is 1. The van der Waals surface area contributed by atoms with Crippen LogP contribution in [0, 0.1) is 6.92 Å². The van der Waals surface area contributed by atoms with Crippen LogP contribution in [0.3, 0.4) is 0 Å². The van der Waals surface area contributed by atoms with E-state index in [0.717, 1.165) is 55.2 Å². The maximum atomic E-state index is 5.76. The monoisotopic (exact) mass is 488 g/mol. The maximum Gasteiger partial charge on any atom is 0.320 e. The number of morpholine rings is 1. The highest BCUT2D eigenvalue weighted by Crippen LogP contribution is 2.34. The van der Waals surface area contributed by atoms with Crippen molar-refractivity contribution in [3.8, 4) is 11.8 Å². The molecule has 3 fully saturated rings. The molecule has 6 rings (SSSR count). The van der Waals surface area contributed by atoms with Crippen LogP contribution in [0.4, 0.5) is 5.82 Å². The van der Waals surface area contributed by atoms with Crippen molar-refractivity contribution in [3.63, 3.8) is 0 Å². The fraction of sp³-hybridized carbons (Fsp3) is 0.522. The quantitative estimate of drug-likeness (QED) is 0.605. The first-order valence-corrected chi connectivity index (χ1v) is 11.2. The SMILES string of the molecule is COc1nc(N2CC3CC2CO3)cc(-n2ncc3cc(C)c(C4CCNCC4)cc32)n1.S.S. The predicted molar refractivity (Wildman–Crippen MR) is 139 cm³/mol. The Balaban J connectivity index is 0.00000130. The molecule has 3 aliphatic rings. The van der Waals surface area contributed by atoms with Crippen LogP contribution in [0.1, 0.15) is 36.3 Å². The summed E-state index contributed by atoms with van der Waals surface area (Å²) in [6, 6.07) is 7.34. The minimum atomic E-state index is 0. The first-order valence-electron chi connectivity index (χ1n) is 11.2. The first kappa shape index (κ1) is 24.1. The van der Waals surface area contributed by atoms with Gasteiger partial charge in [0, 0.05) is 18.0 Å². The van der Waals surface area contributed by atoms with Crippen molar-refractivity contribution in [2.24, 2.45) is 0 Å². The number of benzene rings is 1. The smallest absolute Gasteiger partial charge is 0.320 e. The Hall–Kier alpha value is -2.01. The summed E-state index contributed by atoms with van der Waals surface area (Å²) in [4.78, 5) is 11.6. The topological polar surface area (TPSA) is 77.3 Å².